The minimum absolute atomic E-state index is 0.365. The maximum atomic E-state index is 13.4. The van der Waals surface area contributed by atoms with Crippen LogP contribution < -0.4 is 15.8 Å². The fraction of sp³-hybridized carbons (Fsp3) is 0.364. The number of nitrogens with two attached hydrogens (primary N) is 1. The second kappa shape index (κ2) is 6.41. The van der Waals surface area contributed by atoms with Gasteiger partial charge in [-0.25, -0.2) is 26.3 Å². The van der Waals surface area contributed by atoms with Crippen molar-refractivity contribution in [3.05, 3.63) is 24.0 Å². The summed E-state index contributed by atoms with van der Waals surface area (Å²) in [4.78, 5) is 10.4. The monoisotopic (exact) mass is 325 g/mol. The van der Waals surface area contributed by atoms with Gasteiger partial charge in [0.1, 0.15) is 5.82 Å². The van der Waals surface area contributed by atoms with Crippen LogP contribution in [0.2, 0.25) is 0 Å². The van der Waals surface area contributed by atoms with Gasteiger partial charge in [0.2, 0.25) is 15.9 Å². The van der Waals surface area contributed by atoms with Crippen molar-refractivity contribution in [3.8, 4) is 0 Å². The fourth-order valence-electron chi connectivity index (χ4n) is 1.31. The van der Waals surface area contributed by atoms with E-state index < -0.39 is 45.7 Å². The molecule has 0 atom stereocenters. The van der Waals surface area contributed by atoms with Crippen molar-refractivity contribution in [2.24, 2.45) is 5.73 Å². The lowest BCUT2D eigenvalue weighted by molar-refractivity contribution is -0.114. The van der Waals surface area contributed by atoms with Gasteiger partial charge < -0.3 is 11.1 Å². The van der Waals surface area contributed by atoms with E-state index in [4.69, 9.17) is 5.73 Å². The Balaban J connectivity index is 3.01. The van der Waals surface area contributed by atoms with Crippen molar-refractivity contribution in [1.82, 2.24) is 4.72 Å². The van der Waals surface area contributed by atoms with Gasteiger partial charge in [-0.05, 0) is 18.2 Å². The first-order valence-electron chi connectivity index (χ1n) is 5.72. The Morgan fingerprint density at radius 2 is 2.00 bits per heavy atom. The van der Waals surface area contributed by atoms with Gasteiger partial charge >= 0.3 is 0 Å². The molecule has 1 aromatic carbocycles. The Kier molecular flexibility index (Phi) is 5.31. The first-order valence-corrected chi connectivity index (χ1v) is 7.20. The first kappa shape index (κ1) is 17.4. The van der Waals surface area contributed by atoms with E-state index in [2.05, 4.69) is 5.32 Å². The molecule has 1 rings (SSSR count). The highest BCUT2D eigenvalue weighted by atomic mass is 32.2. The van der Waals surface area contributed by atoms with E-state index in [9.17, 15) is 26.4 Å². The quantitative estimate of drug-likeness (QED) is 0.715. The maximum Gasteiger partial charge on any atom is 0.273 e. The van der Waals surface area contributed by atoms with Crippen LogP contribution in [0.3, 0.4) is 0 Å². The number of hydrogen-bond donors (Lipinski definition) is 3. The molecule has 0 aliphatic rings. The second-order valence-corrected chi connectivity index (χ2v) is 5.97. The molecular weight excluding hydrogens is 311 g/mol. The molecule has 0 fully saturated rings. The Morgan fingerprint density at radius 3 is 2.52 bits per heavy atom. The summed E-state index contributed by atoms with van der Waals surface area (Å²) in [6.45, 7) is -1.09. The SMILES string of the molecule is CC(=O)Nc1cc(S(=O)(=O)NCC(F)(F)CN)ccc1F. The number of carbonyl (C=O) groups is 1. The number of carbonyl (C=O) groups excluding carboxylic acids is 1. The number of amides is 1. The van der Waals surface area contributed by atoms with E-state index in [1.165, 1.54) is 0 Å². The molecule has 21 heavy (non-hydrogen) atoms. The van der Waals surface area contributed by atoms with Gasteiger partial charge in [0, 0.05) is 6.92 Å². The van der Waals surface area contributed by atoms with E-state index in [1.54, 1.807) is 4.72 Å². The number of halogens is 3. The van der Waals surface area contributed by atoms with Crippen LogP contribution in [0, 0.1) is 5.82 Å². The smallest absolute Gasteiger partial charge is 0.273 e. The molecule has 0 heterocycles. The Morgan fingerprint density at radius 1 is 1.38 bits per heavy atom. The molecule has 0 aromatic heterocycles. The zero-order valence-corrected chi connectivity index (χ0v) is 11.8. The van der Waals surface area contributed by atoms with Crippen molar-refractivity contribution in [1.29, 1.82) is 0 Å². The number of rotatable bonds is 6. The molecule has 0 aliphatic heterocycles. The third-order valence-corrected chi connectivity index (χ3v) is 3.78. The third-order valence-electron chi connectivity index (χ3n) is 2.38. The lowest BCUT2D eigenvalue weighted by Gasteiger charge is -2.15. The topological polar surface area (TPSA) is 101 Å². The third kappa shape index (κ3) is 4.99. The summed E-state index contributed by atoms with van der Waals surface area (Å²) >= 11 is 0. The van der Waals surface area contributed by atoms with Crippen LogP contribution in [-0.4, -0.2) is 33.3 Å². The molecule has 4 N–H and O–H groups in total. The normalized spacial score (nSPS) is 12.2. The Bertz CT molecular complexity index is 635. The number of hydrogen-bond acceptors (Lipinski definition) is 4. The molecular formula is C11H14F3N3O3S. The molecule has 0 unspecified atom stereocenters. The predicted molar refractivity (Wildman–Crippen MR) is 69.9 cm³/mol. The standard InChI is InChI=1S/C11H14F3N3O3S/c1-7(18)17-10-4-8(2-3-9(10)12)21(19,20)16-6-11(13,14)5-15/h2-4,16H,5-6,15H2,1H3,(H,17,18). The van der Waals surface area contributed by atoms with Gasteiger partial charge in [-0.1, -0.05) is 0 Å². The lowest BCUT2D eigenvalue weighted by Crippen LogP contribution is -2.41. The molecule has 0 saturated heterocycles. The van der Waals surface area contributed by atoms with Crippen molar-refractivity contribution in [3.63, 3.8) is 0 Å². The summed E-state index contributed by atoms with van der Waals surface area (Å²) < 4.78 is 64.6. The fourth-order valence-corrected chi connectivity index (χ4v) is 2.40. The van der Waals surface area contributed by atoms with Crippen molar-refractivity contribution >= 4 is 21.6 Å². The lowest BCUT2D eigenvalue weighted by atomic mass is 10.3. The maximum absolute atomic E-state index is 13.4. The minimum atomic E-state index is -4.28. The molecule has 0 saturated carbocycles. The average Bonchev–Trinajstić information content (AvgIpc) is 2.39. The molecule has 1 amide bonds. The van der Waals surface area contributed by atoms with E-state index in [0.29, 0.717) is 0 Å². The molecule has 0 spiro atoms. The summed E-state index contributed by atoms with van der Waals surface area (Å²) in [6.07, 6.45) is 0. The van der Waals surface area contributed by atoms with E-state index in [-0.39, 0.29) is 5.69 Å². The zero-order chi connectivity index (χ0) is 16.3. The second-order valence-electron chi connectivity index (χ2n) is 4.21. The number of anilines is 1. The summed E-state index contributed by atoms with van der Waals surface area (Å²) in [7, 11) is -4.28. The van der Waals surface area contributed by atoms with Gasteiger partial charge in [0.25, 0.3) is 5.92 Å². The molecule has 118 valence electrons. The van der Waals surface area contributed by atoms with Crippen LogP contribution in [0.25, 0.3) is 0 Å². The summed E-state index contributed by atoms with van der Waals surface area (Å²) in [5.41, 5.74) is 4.43. The number of nitrogens with one attached hydrogen (secondary N) is 2. The summed E-state index contributed by atoms with van der Waals surface area (Å²) in [6, 6.07) is 2.53. The Labute approximate surface area is 119 Å². The molecule has 0 bridgehead atoms. The zero-order valence-electron chi connectivity index (χ0n) is 11.0. The van der Waals surface area contributed by atoms with Crippen LogP contribution in [0.5, 0.6) is 0 Å². The van der Waals surface area contributed by atoms with Gasteiger partial charge in [0.15, 0.2) is 0 Å². The van der Waals surface area contributed by atoms with Crippen LogP contribution >= 0.6 is 0 Å². The highest BCUT2D eigenvalue weighted by Gasteiger charge is 2.29. The molecule has 0 aliphatic carbocycles. The van der Waals surface area contributed by atoms with Crippen LogP contribution in [0.4, 0.5) is 18.9 Å². The summed E-state index contributed by atoms with van der Waals surface area (Å²) in [5, 5.41) is 2.09. The van der Waals surface area contributed by atoms with Gasteiger partial charge in [-0.3, -0.25) is 4.79 Å². The predicted octanol–water partition coefficient (Wildman–Crippen LogP) is 0.656. The van der Waals surface area contributed by atoms with Crippen LogP contribution in [0.1, 0.15) is 6.92 Å². The number of sulfonamides is 1. The Hall–Kier alpha value is -1.65. The highest BCUT2D eigenvalue weighted by molar-refractivity contribution is 7.89. The van der Waals surface area contributed by atoms with Crippen molar-refractivity contribution in [2.75, 3.05) is 18.4 Å². The van der Waals surface area contributed by atoms with E-state index >= 15 is 0 Å². The molecule has 6 nitrogen and oxygen atoms in total. The molecule has 10 heteroatoms. The van der Waals surface area contributed by atoms with Crippen molar-refractivity contribution < 1.29 is 26.4 Å². The van der Waals surface area contributed by atoms with E-state index in [0.717, 1.165) is 25.1 Å². The van der Waals surface area contributed by atoms with Gasteiger partial charge in [-0.2, -0.15) is 0 Å². The van der Waals surface area contributed by atoms with Crippen LogP contribution in [0.15, 0.2) is 23.1 Å². The minimum Gasteiger partial charge on any atom is -0.325 e. The first-order chi connectivity index (χ1) is 9.57. The van der Waals surface area contributed by atoms with Gasteiger partial charge in [0.05, 0.1) is 23.7 Å². The van der Waals surface area contributed by atoms with Gasteiger partial charge in [-0.15, -0.1) is 0 Å². The number of alkyl halides is 2. The highest BCUT2D eigenvalue weighted by Crippen LogP contribution is 2.20. The average molecular weight is 325 g/mol. The van der Waals surface area contributed by atoms with Crippen LogP contribution in [-0.2, 0) is 14.8 Å². The largest absolute Gasteiger partial charge is 0.325 e. The number of benzene rings is 1. The van der Waals surface area contributed by atoms with E-state index in [1.807, 2.05) is 0 Å². The molecule has 1 aromatic rings. The van der Waals surface area contributed by atoms with Crippen molar-refractivity contribution in [2.45, 2.75) is 17.7 Å². The summed E-state index contributed by atoms with van der Waals surface area (Å²) in [5.74, 6) is -4.85. The molecule has 0 radical (unpaired) electrons.